The number of ether oxygens (including phenoxy) is 2. The number of rotatable bonds is 5. The van der Waals surface area contributed by atoms with E-state index < -0.39 is 15.8 Å². The fourth-order valence-corrected chi connectivity index (χ4v) is 3.99. The minimum atomic E-state index is -3.93. The molecule has 0 aliphatic rings. The van der Waals surface area contributed by atoms with Crippen LogP contribution in [0.3, 0.4) is 0 Å². The number of benzene rings is 2. The highest BCUT2D eigenvalue weighted by atomic mass is 79.9. The third-order valence-electron chi connectivity index (χ3n) is 3.15. The van der Waals surface area contributed by atoms with Crippen molar-refractivity contribution < 1.29 is 22.3 Å². The summed E-state index contributed by atoms with van der Waals surface area (Å²) in [6, 6.07) is 6.93. The van der Waals surface area contributed by atoms with Crippen LogP contribution in [0.5, 0.6) is 11.5 Å². The normalized spacial score (nSPS) is 11.2. The van der Waals surface area contributed by atoms with Crippen LogP contribution in [-0.4, -0.2) is 22.6 Å². The molecule has 0 fully saturated rings. The average molecular weight is 404 g/mol. The molecule has 2 rings (SSSR count). The lowest BCUT2D eigenvalue weighted by Crippen LogP contribution is -2.14. The van der Waals surface area contributed by atoms with Gasteiger partial charge in [-0.1, -0.05) is 6.07 Å². The van der Waals surface area contributed by atoms with Crippen molar-refractivity contribution in [3.8, 4) is 11.5 Å². The summed E-state index contributed by atoms with van der Waals surface area (Å²) in [6.45, 7) is 1.60. The quantitative estimate of drug-likeness (QED) is 0.825. The molecular formula is C15H15BrFNO4S. The first kappa shape index (κ1) is 17.6. The number of nitrogens with one attached hydrogen (secondary N) is 1. The van der Waals surface area contributed by atoms with E-state index in [9.17, 15) is 12.8 Å². The van der Waals surface area contributed by atoms with Gasteiger partial charge in [-0.25, -0.2) is 12.8 Å². The second kappa shape index (κ2) is 6.76. The smallest absolute Gasteiger partial charge is 0.263 e. The number of sulfonamides is 1. The maximum Gasteiger partial charge on any atom is 0.263 e. The Bertz CT molecular complexity index is 840. The SMILES string of the molecule is COc1cc(Br)c(S(=O)(=O)Nc2ccc(C)c(F)c2)cc1OC. The Hall–Kier alpha value is -1.80. The Morgan fingerprint density at radius 2 is 1.70 bits per heavy atom. The summed E-state index contributed by atoms with van der Waals surface area (Å²) < 4.78 is 51.5. The molecule has 124 valence electrons. The fraction of sp³-hybridized carbons (Fsp3) is 0.200. The maximum atomic E-state index is 13.6. The second-order valence-electron chi connectivity index (χ2n) is 4.71. The van der Waals surface area contributed by atoms with Crippen molar-refractivity contribution in [3.05, 3.63) is 46.2 Å². The summed E-state index contributed by atoms with van der Waals surface area (Å²) in [7, 11) is -1.07. The standard InChI is InChI=1S/C15H15BrFNO4S/c1-9-4-5-10(6-12(9)17)18-23(19,20)15-8-14(22-3)13(21-2)7-11(15)16/h4-8,18H,1-3H3. The van der Waals surface area contributed by atoms with Crippen molar-refractivity contribution >= 4 is 31.6 Å². The minimum absolute atomic E-state index is 0.0452. The number of halogens is 2. The van der Waals surface area contributed by atoms with E-state index in [1.807, 2.05) is 0 Å². The third-order valence-corrected chi connectivity index (χ3v) is 5.49. The molecule has 0 atom stereocenters. The summed E-state index contributed by atoms with van der Waals surface area (Å²) in [6.07, 6.45) is 0. The Balaban J connectivity index is 2.45. The van der Waals surface area contributed by atoms with Crippen molar-refractivity contribution in [1.82, 2.24) is 0 Å². The van der Waals surface area contributed by atoms with Gasteiger partial charge < -0.3 is 9.47 Å². The summed E-state index contributed by atoms with van der Waals surface area (Å²) in [5, 5.41) is 0. The van der Waals surface area contributed by atoms with Crippen LogP contribution >= 0.6 is 15.9 Å². The molecule has 8 heteroatoms. The van der Waals surface area contributed by atoms with Gasteiger partial charge in [0, 0.05) is 10.5 Å². The summed E-state index contributed by atoms with van der Waals surface area (Å²) in [5.41, 5.74) is 0.565. The Morgan fingerprint density at radius 3 is 2.26 bits per heavy atom. The zero-order valence-corrected chi connectivity index (χ0v) is 15.1. The summed E-state index contributed by atoms with van der Waals surface area (Å²) in [4.78, 5) is -0.0452. The number of aryl methyl sites for hydroxylation is 1. The average Bonchev–Trinajstić information content (AvgIpc) is 2.50. The molecule has 0 aromatic heterocycles. The molecule has 1 N–H and O–H groups in total. The maximum absolute atomic E-state index is 13.6. The summed E-state index contributed by atoms with van der Waals surface area (Å²) in [5.74, 6) is 0.169. The van der Waals surface area contributed by atoms with E-state index >= 15 is 0 Å². The van der Waals surface area contributed by atoms with Crippen LogP contribution in [0, 0.1) is 12.7 Å². The van der Waals surface area contributed by atoms with Crippen molar-refractivity contribution in [1.29, 1.82) is 0 Å². The lowest BCUT2D eigenvalue weighted by atomic mass is 10.2. The fourth-order valence-electron chi connectivity index (χ4n) is 1.91. The Morgan fingerprint density at radius 1 is 1.09 bits per heavy atom. The molecule has 0 spiro atoms. The molecule has 2 aromatic carbocycles. The lowest BCUT2D eigenvalue weighted by Gasteiger charge is -2.14. The first-order valence-electron chi connectivity index (χ1n) is 6.49. The van der Waals surface area contributed by atoms with E-state index in [1.165, 1.54) is 38.5 Å². The molecule has 0 radical (unpaired) electrons. The van der Waals surface area contributed by atoms with Gasteiger partial charge >= 0.3 is 0 Å². The van der Waals surface area contributed by atoms with Crippen LogP contribution < -0.4 is 14.2 Å². The highest BCUT2D eigenvalue weighted by Crippen LogP contribution is 2.36. The van der Waals surface area contributed by atoms with Crippen LogP contribution in [0.15, 0.2) is 39.7 Å². The largest absolute Gasteiger partial charge is 0.493 e. The van der Waals surface area contributed by atoms with Gasteiger partial charge in [-0.3, -0.25) is 4.72 Å². The molecule has 2 aromatic rings. The molecule has 0 bridgehead atoms. The van der Waals surface area contributed by atoms with E-state index in [2.05, 4.69) is 20.7 Å². The number of methoxy groups -OCH3 is 2. The van der Waals surface area contributed by atoms with Crippen LogP contribution in [-0.2, 0) is 10.0 Å². The van der Waals surface area contributed by atoms with Gasteiger partial charge in [0.05, 0.1) is 19.9 Å². The van der Waals surface area contributed by atoms with Crippen LogP contribution in [0.2, 0.25) is 0 Å². The van der Waals surface area contributed by atoms with E-state index in [-0.39, 0.29) is 16.3 Å². The van der Waals surface area contributed by atoms with Crippen LogP contribution in [0.1, 0.15) is 5.56 Å². The first-order chi connectivity index (χ1) is 10.8. The predicted molar refractivity (Wildman–Crippen MR) is 89.2 cm³/mol. The van der Waals surface area contributed by atoms with Gasteiger partial charge in [0.25, 0.3) is 10.0 Å². The number of hydrogen-bond acceptors (Lipinski definition) is 4. The van der Waals surface area contributed by atoms with E-state index in [0.717, 1.165) is 6.07 Å². The molecule has 5 nitrogen and oxygen atoms in total. The van der Waals surface area contributed by atoms with E-state index in [0.29, 0.717) is 15.8 Å². The molecule has 0 saturated heterocycles. The zero-order chi connectivity index (χ0) is 17.2. The molecule has 0 unspecified atom stereocenters. The van der Waals surface area contributed by atoms with Gasteiger partial charge in [0.2, 0.25) is 0 Å². The van der Waals surface area contributed by atoms with E-state index in [4.69, 9.17) is 9.47 Å². The molecule has 0 aliphatic heterocycles. The number of hydrogen-bond donors (Lipinski definition) is 1. The van der Waals surface area contributed by atoms with Gasteiger partial charge in [0.1, 0.15) is 10.7 Å². The Labute approximate surface area is 142 Å². The van der Waals surface area contributed by atoms with Crippen LogP contribution in [0.4, 0.5) is 10.1 Å². The topological polar surface area (TPSA) is 64.6 Å². The monoisotopic (exact) mass is 403 g/mol. The van der Waals surface area contributed by atoms with Gasteiger partial charge in [-0.2, -0.15) is 0 Å². The van der Waals surface area contributed by atoms with Gasteiger partial charge in [-0.15, -0.1) is 0 Å². The molecule has 0 aliphatic carbocycles. The van der Waals surface area contributed by atoms with Crippen LogP contribution in [0.25, 0.3) is 0 Å². The van der Waals surface area contributed by atoms with Gasteiger partial charge in [-0.05, 0) is 46.6 Å². The highest BCUT2D eigenvalue weighted by molar-refractivity contribution is 9.10. The van der Waals surface area contributed by atoms with Crippen molar-refractivity contribution in [2.75, 3.05) is 18.9 Å². The minimum Gasteiger partial charge on any atom is -0.493 e. The first-order valence-corrected chi connectivity index (χ1v) is 8.76. The zero-order valence-electron chi connectivity index (χ0n) is 12.7. The highest BCUT2D eigenvalue weighted by Gasteiger charge is 2.21. The number of anilines is 1. The van der Waals surface area contributed by atoms with Crippen molar-refractivity contribution in [3.63, 3.8) is 0 Å². The molecule has 23 heavy (non-hydrogen) atoms. The van der Waals surface area contributed by atoms with Crippen molar-refractivity contribution in [2.45, 2.75) is 11.8 Å². The van der Waals surface area contributed by atoms with E-state index in [1.54, 1.807) is 6.92 Å². The third kappa shape index (κ3) is 3.76. The second-order valence-corrected chi connectivity index (χ2v) is 7.21. The predicted octanol–water partition coefficient (Wildman–Crippen LogP) is 3.71. The Kier molecular flexibility index (Phi) is 5.16. The van der Waals surface area contributed by atoms with Crippen molar-refractivity contribution in [2.24, 2.45) is 0 Å². The summed E-state index contributed by atoms with van der Waals surface area (Å²) >= 11 is 3.20. The molecular weight excluding hydrogens is 389 g/mol. The lowest BCUT2D eigenvalue weighted by molar-refractivity contribution is 0.353. The molecule has 0 saturated carbocycles. The molecule has 0 heterocycles. The molecule has 0 amide bonds. The van der Waals surface area contributed by atoms with Gasteiger partial charge in [0.15, 0.2) is 11.5 Å².